The first-order valence-corrected chi connectivity index (χ1v) is 12.6. The molecule has 0 spiro atoms. The number of aryl methyl sites for hydroxylation is 1. The Morgan fingerprint density at radius 2 is 1.97 bits per heavy atom. The third-order valence-corrected chi connectivity index (χ3v) is 7.34. The van der Waals surface area contributed by atoms with Gasteiger partial charge < -0.3 is 10.2 Å². The predicted octanol–water partition coefficient (Wildman–Crippen LogP) is 2.47. The van der Waals surface area contributed by atoms with Crippen LogP contribution in [0.5, 0.6) is 0 Å². The molecule has 1 fully saturated rings. The van der Waals surface area contributed by atoms with Gasteiger partial charge in [0.25, 0.3) is 0 Å². The van der Waals surface area contributed by atoms with Crippen LogP contribution in [-0.4, -0.2) is 69.0 Å². The Kier molecular flexibility index (Phi) is 6.61. The molecule has 4 heterocycles. The second-order valence-electron chi connectivity index (χ2n) is 10.8. The molecule has 1 amide bonds. The zero-order chi connectivity index (χ0) is 25.4. The predicted molar refractivity (Wildman–Crippen MR) is 136 cm³/mol. The maximum atomic E-state index is 13.7. The maximum absolute atomic E-state index is 13.7. The highest BCUT2D eigenvalue weighted by Gasteiger charge is 2.41. The van der Waals surface area contributed by atoms with E-state index in [9.17, 15) is 9.18 Å². The molecule has 36 heavy (non-hydrogen) atoms. The number of amides is 1. The fourth-order valence-corrected chi connectivity index (χ4v) is 5.31. The van der Waals surface area contributed by atoms with Gasteiger partial charge in [-0.05, 0) is 36.8 Å². The third-order valence-electron chi connectivity index (χ3n) is 7.34. The summed E-state index contributed by atoms with van der Waals surface area (Å²) in [5, 5.41) is 16.8. The van der Waals surface area contributed by atoms with Gasteiger partial charge in [0.05, 0.1) is 23.6 Å². The summed E-state index contributed by atoms with van der Waals surface area (Å²) in [6.45, 7) is 8.92. The number of benzene rings is 1. The largest absolute Gasteiger partial charge is 0.311 e. The summed E-state index contributed by atoms with van der Waals surface area (Å²) in [5.74, 6) is -0.187. The van der Waals surface area contributed by atoms with Crippen molar-refractivity contribution in [3.05, 3.63) is 71.1 Å². The Morgan fingerprint density at radius 3 is 2.69 bits per heavy atom. The number of carbonyl (C=O) groups is 1. The number of aromatic nitrogens is 4. The summed E-state index contributed by atoms with van der Waals surface area (Å²) in [6, 6.07) is 11.0. The standard InChI is InChI=1S/C27H34FN7O/c1-18-15-34(23(14-29-18)13-22-9-10-30-33(22)4)16-25(36)35-17-27(2,3)26-24(35)12-21(31-32-26)11-19-5-7-20(28)8-6-19/h5-10,12,18,23,29H,11,13-17H2,1-4H3/t18-,23+/m1/s1. The topological polar surface area (TPSA) is 79.2 Å². The summed E-state index contributed by atoms with van der Waals surface area (Å²) in [6.07, 6.45) is 3.18. The van der Waals surface area contributed by atoms with Crippen LogP contribution in [0.25, 0.3) is 0 Å². The van der Waals surface area contributed by atoms with Crippen LogP contribution in [0.1, 0.15) is 43.4 Å². The number of fused-ring (bicyclic) bond motifs is 1. The molecule has 2 atom stereocenters. The fraction of sp³-hybridized carbons (Fsp3) is 0.481. The normalized spacial score (nSPS) is 21.5. The van der Waals surface area contributed by atoms with Gasteiger partial charge in [-0.15, -0.1) is 0 Å². The third kappa shape index (κ3) is 5.03. The summed E-state index contributed by atoms with van der Waals surface area (Å²) in [5.41, 5.74) is 4.27. The van der Waals surface area contributed by atoms with Crippen LogP contribution in [0, 0.1) is 5.82 Å². The number of hydrogen-bond donors (Lipinski definition) is 1. The van der Waals surface area contributed by atoms with Crippen molar-refractivity contribution in [3.8, 4) is 0 Å². The number of halogens is 1. The minimum atomic E-state index is -0.281. The van der Waals surface area contributed by atoms with Crippen molar-refractivity contribution < 1.29 is 9.18 Å². The van der Waals surface area contributed by atoms with Gasteiger partial charge in [0.1, 0.15) is 5.82 Å². The summed E-state index contributed by atoms with van der Waals surface area (Å²) < 4.78 is 15.2. The molecule has 0 aliphatic carbocycles. The molecule has 5 rings (SSSR count). The van der Waals surface area contributed by atoms with Gasteiger partial charge in [0.2, 0.25) is 5.91 Å². The van der Waals surface area contributed by atoms with Crippen molar-refractivity contribution in [1.29, 1.82) is 0 Å². The van der Waals surface area contributed by atoms with Gasteiger partial charge in [0.15, 0.2) is 0 Å². The molecule has 0 bridgehead atoms. The lowest BCUT2D eigenvalue weighted by Crippen LogP contribution is -2.58. The van der Waals surface area contributed by atoms with Gasteiger partial charge in [0, 0.05) is 68.9 Å². The van der Waals surface area contributed by atoms with Crippen molar-refractivity contribution in [2.45, 2.75) is 51.1 Å². The van der Waals surface area contributed by atoms with Crippen molar-refractivity contribution in [3.63, 3.8) is 0 Å². The second kappa shape index (κ2) is 9.71. The molecule has 0 unspecified atom stereocenters. The molecule has 2 aromatic heterocycles. The Balaban J connectivity index is 1.36. The Bertz CT molecular complexity index is 1240. The number of piperazine rings is 1. The lowest BCUT2D eigenvalue weighted by molar-refractivity contribution is -0.120. The molecule has 1 aromatic carbocycles. The summed E-state index contributed by atoms with van der Waals surface area (Å²) in [4.78, 5) is 17.9. The molecular formula is C27H34FN7O. The molecule has 2 aliphatic heterocycles. The zero-order valence-electron chi connectivity index (χ0n) is 21.4. The van der Waals surface area contributed by atoms with E-state index in [1.165, 1.54) is 12.1 Å². The Labute approximate surface area is 211 Å². The van der Waals surface area contributed by atoms with E-state index in [1.807, 2.05) is 35.0 Å². The lowest BCUT2D eigenvalue weighted by atomic mass is 9.91. The van der Waals surface area contributed by atoms with Crippen LogP contribution in [0.2, 0.25) is 0 Å². The van der Waals surface area contributed by atoms with E-state index in [4.69, 9.17) is 0 Å². The molecular weight excluding hydrogens is 457 g/mol. The van der Waals surface area contributed by atoms with Gasteiger partial charge in [-0.3, -0.25) is 14.4 Å². The number of rotatable bonds is 6. The van der Waals surface area contributed by atoms with Gasteiger partial charge in [-0.1, -0.05) is 26.0 Å². The first kappa shape index (κ1) is 24.5. The number of hydrogen-bond acceptors (Lipinski definition) is 6. The Morgan fingerprint density at radius 1 is 1.19 bits per heavy atom. The molecule has 190 valence electrons. The SMILES string of the molecule is C[C@@H]1CN(CC(=O)N2CC(C)(C)c3nnc(Cc4ccc(F)cc4)cc32)[C@@H](Cc2ccnn2C)CN1. The number of nitrogens with zero attached hydrogens (tertiary/aromatic N) is 6. The minimum absolute atomic E-state index is 0.0756. The minimum Gasteiger partial charge on any atom is -0.311 e. The monoisotopic (exact) mass is 491 g/mol. The van der Waals surface area contributed by atoms with Crippen molar-refractivity contribution in [2.75, 3.05) is 31.1 Å². The van der Waals surface area contributed by atoms with Crippen molar-refractivity contribution in [1.82, 2.24) is 30.2 Å². The molecule has 2 aliphatic rings. The van der Waals surface area contributed by atoms with E-state index >= 15 is 0 Å². The molecule has 0 saturated carbocycles. The second-order valence-corrected chi connectivity index (χ2v) is 10.8. The van der Waals surface area contributed by atoms with Gasteiger partial charge >= 0.3 is 0 Å². The van der Waals surface area contributed by atoms with Crippen LogP contribution >= 0.6 is 0 Å². The van der Waals surface area contributed by atoms with E-state index in [0.29, 0.717) is 25.6 Å². The zero-order valence-corrected chi connectivity index (χ0v) is 21.4. The van der Waals surface area contributed by atoms with Crippen molar-refractivity contribution >= 4 is 11.6 Å². The Hall–Kier alpha value is -3.17. The molecule has 3 aromatic rings. The highest BCUT2D eigenvalue weighted by atomic mass is 19.1. The molecule has 1 N–H and O–H groups in total. The van der Waals surface area contributed by atoms with Gasteiger partial charge in [-0.25, -0.2) is 4.39 Å². The smallest absolute Gasteiger partial charge is 0.241 e. The van der Waals surface area contributed by atoms with Crippen LogP contribution in [0.15, 0.2) is 42.6 Å². The highest BCUT2D eigenvalue weighted by molar-refractivity contribution is 5.97. The summed E-state index contributed by atoms with van der Waals surface area (Å²) >= 11 is 0. The summed E-state index contributed by atoms with van der Waals surface area (Å²) in [7, 11) is 1.96. The number of carbonyl (C=O) groups excluding carboxylic acids is 1. The average Bonchev–Trinajstić information content (AvgIpc) is 3.36. The quantitative estimate of drug-likeness (QED) is 0.571. The van der Waals surface area contributed by atoms with E-state index in [0.717, 1.165) is 47.8 Å². The van der Waals surface area contributed by atoms with Crippen LogP contribution in [0.4, 0.5) is 10.1 Å². The first-order valence-electron chi connectivity index (χ1n) is 12.6. The number of nitrogens with one attached hydrogen (secondary N) is 1. The van der Waals surface area contributed by atoms with Gasteiger partial charge in [-0.2, -0.15) is 15.3 Å². The lowest BCUT2D eigenvalue weighted by Gasteiger charge is -2.39. The van der Waals surface area contributed by atoms with Crippen molar-refractivity contribution in [2.24, 2.45) is 7.05 Å². The molecule has 9 heteroatoms. The average molecular weight is 492 g/mol. The number of anilines is 1. The van der Waals surface area contributed by atoms with E-state index in [-0.39, 0.29) is 23.2 Å². The molecule has 8 nitrogen and oxygen atoms in total. The van der Waals surface area contributed by atoms with Crippen LogP contribution in [-0.2, 0) is 30.1 Å². The molecule has 0 radical (unpaired) electrons. The van der Waals surface area contributed by atoms with E-state index in [2.05, 4.69) is 46.3 Å². The van der Waals surface area contributed by atoms with Crippen LogP contribution < -0.4 is 10.2 Å². The van der Waals surface area contributed by atoms with E-state index < -0.39 is 0 Å². The van der Waals surface area contributed by atoms with Crippen LogP contribution in [0.3, 0.4) is 0 Å². The molecule has 1 saturated heterocycles. The first-order chi connectivity index (χ1) is 17.2. The fourth-order valence-electron chi connectivity index (χ4n) is 5.31. The maximum Gasteiger partial charge on any atom is 0.241 e. The highest BCUT2D eigenvalue weighted by Crippen LogP contribution is 2.39. The van der Waals surface area contributed by atoms with E-state index in [1.54, 1.807) is 12.1 Å².